The first-order valence-corrected chi connectivity index (χ1v) is 7.65. The fraction of sp³-hybridized carbons (Fsp3) is 0.538. The number of nitrogens with one attached hydrogen (secondary N) is 1. The maximum Gasteiger partial charge on any atom is 0.241 e. The summed E-state index contributed by atoms with van der Waals surface area (Å²) in [5.41, 5.74) is 1.04. The molecule has 5 rings (SSSR count). The van der Waals surface area contributed by atoms with Crippen LogP contribution in [0.5, 0.6) is 0 Å². The van der Waals surface area contributed by atoms with Crippen LogP contribution in [0.4, 0.5) is 0 Å². The summed E-state index contributed by atoms with van der Waals surface area (Å²) in [4.78, 5) is 6.97. The fourth-order valence-electron chi connectivity index (χ4n) is 3.00. The predicted molar refractivity (Wildman–Crippen MR) is 72.8 cm³/mol. The summed E-state index contributed by atoms with van der Waals surface area (Å²) in [6.07, 6.45) is 2.58. The van der Waals surface area contributed by atoms with Gasteiger partial charge in [0.1, 0.15) is 0 Å². The van der Waals surface area contributed by atoms with Crippen molar-refractivity contribution in [2.24, 2.45) is 0 Å². The molecule has 0 amide bonds. The Morgan fingerprint density at radius 1 is 1.47 bits per heavy atom. The summed E-state index contributed by atoms with van der Waals surface area (Å²) >= 11 is 1.65. The molecule has 3 fully saturated rings. The maximum atomic E-state index is 5.38. The molecule has 0 aromatic carbocycles. The molecule has 2 aromatic heterocycles. The molecule has 0 saturated carbocycles. The molecule has 6 heteroatoms. The molecule has 2 bridgehead atoms. The Kier molecular flexibility index (Phi) is 2.86. The molecule has 0 radical (unpaired) electrons. The standard InChI is InChI=1S/C13H16N4OS/c1-2-11-5-14-10(1)6-17(11)7-12-15-13(16-18-12)9-3-4-19-8-9/h3-4,8,10-11,14H,1-2,5-7H2. The van der Waals surface area contributed by atoms with Crippen molar-refractivity contribution in [1.29, 1.82) is 0 Å². The summed E-state index contributed by atoms with van der Waals surface area (Å²) in [6, 6.07) is 3.29. The van der Waals surface area contributed by atoms with Gasteiger partial charge in [0.15, 0.2) is 0 Å². The monoisotopic (exact) mass is 276 g/mol. The quantitative estimate of drug-likeness (QED) is 0.925. The third-order valence-corrected chi connectivity index (χ3v) is 4.73. The minimum absolute atomic E-state index is 0.626. The zero-order valence-electron chi connectivity index (χ0n) is 10.6. The highest BCUT2D eigenvalue weighted by molar-refractivity contribution is 7.08. The maximum absolute atomic E-state index is 5.38. The SMILES string of the molecule is c1cc(-c2noc(CN3CC4CCC3CN4)n2)cs1. The molecule has 100 valence electrons. The van der Waals surface area contributed by atoms with Gasteiger partial charge in [0.25, 0.3) is 0 Å². The number of hydrogen-bond acceptors (Lipinski definition) is 6. The van der Waals surface area contributed by atoms with Crippen LogP contribution in [-0.4, -0.2) is 40.2 Å². The van der Waals surface area contributed by atoms with E-state index in [0.29, 0.717) is 17.9 Å². The van der Waals surface area contributed by atoms with E-state index in [1.807, 2.05) is 16.8 Å². The lowest BCUT2D eigenvalue weighted by Crippen LogP contribution is -2.60. The van der Waals surface area contributed by atoms with Crippen LogP contribution < -0.4 is 5.32 Å². The highest BCUT2D eigenvalue weighted by Crippen LogP contribution is 2.24. The third kappa shape index (κ3) is 2.20. The van der Waals surface area contributed by atoms with Gasteiger partial charge in [-0.25, -0.2) is 0 Å². The lowest BCUT2D eigenvalue weighted by atomic mass is 9.93. The van der Waals surface area contributed by atoms with E-state index in [4.69, 9.17) is 4.52 Å². The number of piperazine rings is 1. The molecule has 3 aliphatic heterocycles. The van der Waals surface area contributed by atoms with E-state index < -0.39 is 0 Å². The van der Waals surface area contributed by atoms with Crippen LogP contribution in [0.3, 0.4) is 0 Å². The number of aromatic nitrogens is 2. The lowest BCUT2D eigenvalue weighted by Gasteiger charge is -2.45. The molecule has 19 heavy (non-hydrogen) atoms. The first-order valence-electron chi connectivity index (χ1n) is 6.71. The largest absolute Gasteiger partial charge is 0.338 e. The number of thiophene rings is 1. The Bertz CT molecular complexity index is 545. The summed E-state index contributed by atoms with van der Waals surface area (Å²) < 4.78 is 5.38. The summed E-state index contributed by atoms with van der Waals surface area (Å²) in [5, 5.41) is 11.7. The molecule has 0 aliphatic carbocycles. The molecule has 3 aliphatic rings. The van der Waals surface area contributed by atoms with Gasteiger partial charge >= 0.3 is 0 Å². The minimum Gasteiger partial charge on any atom is -0.338 e. The second-order valence-corrected chi connectivity index (χ2v) is 6.07. The molecule has 0 spiro atoms. The van der Waals surface area contributed by atoms with E-state index in [0.717, 1.165) is 31.1 Å². The fourth-order valence-corrected chi connectivity index (χ4v) is 3.63. The number of piperidine rings is 2. The minimum atomic E-state index is 0.626. The molecular formula is C13H16N4OS. The van der Waals surface area contributed by atoms with E-state index >= 15 is 0 Å². The summed E-state index contributed by atoms with van der Waals surface area (Å²) in [5.74, 6) is 1.44. The molecule has 5 heterocycles. The van der Waals surface area contributed by atoms with Gasteiger partial charge in [-0.3, -0.25) is 4.90 Å². The highest BCUT2D eigenvalue weighted by Gasteiger charge is 2.34. The zero-order valence-corrected chi connectivity index (χ0v) is 11.4. The van der Waals surface area contributed by atoms with Gasteiger partial charge in [-0.2, -0.15) is 16.3 Å². The average molecular weight is 276 g/mol. The van der Waals surface area contributed by atoms with Crippen LogP contribution in [0.25, 0.3) is 11.4 Å². The molecule has 2 unspecified atom stereocenters. The van der Waals surface area contributed by atoms with Crippen molar-refractivity contribution >= 4 is 11.3 Å². The van der Waals surface area contributed by atoms with Crippen molar-refractivity contribution < 1.29 is 4.52 Å². The average Bonchev–Trinajstić information content (AvgIpc) is 3.10. The number of fused-ring (bicyclic) bond motifs is 3. The van der Waals surface area contributed by atoms with Crippen molar-refractivity contribution in [3.8, 4) is 11.4 Å². The van der Waals surface area contributed by atoms with Gasteiger partial charge in [0.2, 0.25) is 11.7 Å². The van der Waals surface area contributed by atoms with E-state index in [1.54, 1.807) is 11.3 Å². The Morgan fingerprint density at radius 3 is 3.16 bits per heavy atom. The first-order chi connectivity index (χ1) is 9.38. The van der Waals surface area contributed by atoms with Crippen molar-refractivity contribution in [2.45, 2.75) is 31.5 Å². The smallest absolute Gasteiger partial charge is 0.241 e. The first kappa shape index (κ1) is 11.6. The van der Waals surface area contributed by atoms with Gasteiger partial charge in [0.05, 0.1) is 6.54 Å². The van der Waals surface area contributed by atoms with E-state index in [1.165, 1.54) is 12.8 Å². The topological polar surface area (TPSA) is 54.2 Å². The Labute approximate surface area is 115 Å². The van der Waals surface area contributed by atoms with Crippen molar-refractivity contribution in [2.75, 3.05) is 13.1 Å². The third-order valence-electron chi connectivity index (χ3n) is 4.05. The van der Waals surface area contributed by atoms with Gasteiger partial charge in [-0.05, 0) is 24.3 Å². The van der Waals surface area contributed by atoms with Crippen LogP contribution in [0.15, 0.2) is 21.3 Å². The Morgan fingerprint density at radius 2 is 2.47 bits per heavy atom. The van der Waals surface area contributed by atoms with Gasteiger partial charge in [0, 0.05) is 36.1 Å². The van der Waals surface area contributed by atoms with Crippen molar-refractivity contribution in [3.63, 3.8) is 0 Å². The second kappa shape index (κ2) is 4.70. The second-order valence-electron chi connectivity index (χ2n) is 5.29. The predicted octanol–water partition coefficient (Wildman–Crippen LogP) is 1.73. The normalized spacial score (nSPS) is 26.9. The lowest BCUT2D eigenvalue weighted by molar-refractivity contribution is 0.0592. The molecule has 2 atom stereocenters. The Hall–Kier alpha value is -1.24. The zero-order chi connectivity index (χ0) is 12.7. The van der Waals surface area contributed by atoms with Crippen molar-refractivity contribution in [1.82, 2.24) is 20.4 Å². The molecular weight excluding hydrogens is 260 g/mol. The van der Waals surface area contributed by atoms with Crippen LogP contribution in [-0.2, 0) is 6.54 Å². The van der Waals surface area contributed by atoms with Gasteiger partial charge < -0.3 is 9.84 Å². The molecule has 5 nitrogen and oxygen atoms in total. The van der Waals surface area contributed by atoms with Crippen LogP contribution in [0, 0.1) is 0 Å². The van der Waals surface area contributed by atoms with Crippen LogP contribution in [0.2, 0.25) is 0 Å². The van der Waals surface area contributed by atoms with Crippen LogP contribution >= 0.6 is 11.3 Å². The van der Waals surface area contributed by atoms with Gasteiger partial charge in [-0.1, -0.05) is 5.16 Å². The number of rotatable bonds is 3. The van der Waals surface area contributed by atoms with E-state index in [9.17, 15) is 0 Å². The number of hydrogen-bond donors (Lipinski definition) is 1. The van der Waals surface area contributed by atoms with Crippen molar-refractivity contribution in [3.05, 3.63) is 22.7 Å². The number of nitrogens with zero attached hydrogens (tertiary/aromatic N) is 3. The molecule has 1 N–H and O–H groups in total. The van der Waals surface area contributed by atoms with E-state index in [-0.39, 0.29) is 0 Å². The Balaban J connectivity index is 1.48. The van der Waals surface area contributed by atoms with Gasteiger partial charge in [-0.15, -0.1) is 0 Å². The molecule has 3 saturated heterocycles. The summed E-state index contributed by atoms with van der Waals surface area (Å²) in [6.45, 7) is 2.97. The molecule has 2 aromatic rings. The summed E-state index contributed by atoms with van der Waals surface area (Å²) in [7, 11) is 0. The van der Waals surface area contributed by atoms with Crippen LogP contribution in [0.1, 0.15) is 18.7 Å². The highest BCUT2D eigenvalue weighted by atomic mass is 32.1. The van der Waals surface area contributed by atoms with E-state index in [2.05, 4.69) is 20.4 Å².